The molecule has 50 valence electrons. The molecule has 0 saturated heterocycles. The van der Waals surface area contributed by atoms with Gasteiger partial charge in [0.1, 0.15) is 0 Å². The minimum absolute atomic E-state index is 0.0679. The summed E-state index contributed by atoms with van der Waals surface area (Å²) in [4.78, 5) is 0. The quantitative estimate of drug-likeness (QED) is 0.356. The Labute approximate surface area is 70.0 Å². The molecular formula is C10H6Si. The second-order valence-corrected chi connectivity index (χ2v) is 2.76. The van der Waals surface area contributed by atoms with Crippen LogP contribution in [0.5, 0.6) is 0 Å². The Balaban J connectivity index is 3.05. The zero-order valence-corrected chi connectivity index (χ0v) is 6.96. The molecule has 0 amide bonds. The molecule has 1 aliphatic carbocycles. The van der Waals surface area contributed by atoms with Crippen LogP contribution < -0.4 is 0 Å². The highest BCUT2D eigenvalue weighted by molar-refractivity contribution is 6.44. The van der Waals surface area contributed by atoms with E-state index in [1.807, 2.05) is 18.2 Å². The standard InChI is InChI=1S/C10H6Si/c1-3-8-6-5-7-10(11)9(8)4-2/h1-2,5-7,9H. The van der Waals surface area contributed by atoms with Gasteiger partial charge in [-0.2, -0.15) is 0 Å². The van der Waals surface area contributed by atoms with E-state index in [0.717, 1.165) is 10.7 Å². The molecule has 2 radical (unpaired) electrons. The lowest BCUT2D eigenvalue weighted by atomic mass is 9.93. The smallest absolute Gasteiger partial charge is 0.0735 e. The molecule has 0 nitrogen and oxygen atoms in total. The van der Waals surface area contributed by atoms with Crippen molar-refractivity contribution in [3.8, 4) is 24.7 Å². The third-order valence-electron chi connectivity index (χ3n) is 1.51. The minimum atomic E-state index is -0.0679. The fraction of sp³-hybridized carbons (Fsp3) is 0.100. The lowest BCUT2D eigenvalue weighted by Crippen LogP contribution is -2.14. The van der Waals surface area contributed by atoms with Gasteiger partial charge in [-0.25, -0.2) is 0 Å². The molecule has 0 spiro atoms. The van der Waals surface area contributed by atoms with Crippen LogP contribution >= 0.6 is 0 Å². The van der Waals surface area contributed by atoms with E-state index in [-0.39, 0.29) is 5.92 Å². The van der Waals surface area contributed by atoms with Gasteiger partial charge in [0.15, 0.2) is 0 Å². The van der Waals surface area contributed by atoms with Crippen LogP contribution in [0.3, 0.4) is 0 Å². The molecule has 0 saturated carbocycles. The molecule has 0 bridgehead atoms. The molecule has 0 N–H and O–H groups in total. The van der Waals surface area contributed by atoms with Crippen LogP contribution in [0.25, 0.3) is 0 Å². The van der Waals surface area contributed by atoms with E-state index in [4.69, 9.17) is 12.8 Å². The average Bonchev–Trinajstić information content (AvgIpc) is 2.04. The summed E-state index contributed by atoms with van der Waals surface area (Å²) in [6, 6.07) is 0. The highest BCUT2D eigenvalue weighted by atomic mass is 28.1. The van der Waals surface area contributed by atoms with Crippen molar-refractivity contribution >= 4 is 15.0 Å². The molecule has 0 heterocycles. The molecule has 1 unspecified atom stereocenters. The lowest BCUT2D eigenvalue weighted by molar-refractivity contribution is 1.15. The first-order valence-electron chi connectivity index (χ1n) is 3.19. The molecular weight excluding hydrogens is 148 g/mol. The first-order chi connectivity index (χ1) is 5.29. The molecule has 0 fully saturated rings. The number of rotatable bonds is 0. The molecule has 0 aliphatic heterocycles. The monoisotopic (exact) mass is 154 g/mol. The molecule has 0 aromatic heterocycles. The Bertz CT molecular complexity index is 318. The maximum atomic E-state index is 5.29. The fourth-order valence-corrected chi connectivity index (χ4v) is 1.26. The maximum absolute atomic E-state index is 5.29. The predicted molar refractivity (Wildman–Crippen MR) is 49.1 cm³/mol. The van der Waals surface area contributed by atoms with E-state index in [1.54, 1.807) is 0 Å². The van der Waals surface area contributed by atoms with Gasteiger partial charge >= 0.3 is 0 Å². The van der Waals surface area contributed by atoms with E-state index in [9.17, 15) is 0 Å². The van der Waals surface area contributed by atoms with Crippen molar-refractivity contribution in [1.82, 2.24) is 0 Å². The zero-order valence-electron chi connectivity index (χ0n) is 5.96. The molecule has 0 aromatic carbocycles. The van der Waals surface area contributed by atoms with E-state index < -0.39 is 0 Å². The summed E-state index contributed by atoms with van der Waals surface area (Å²) in [6.07, 6.45) is 16.2. The van der Waals surface area contributed by atoms with Crippen molar-refractivity contribution in [3.05, 3.63) is 23.8 Å². The van der Waals surface area contributed by atoms with Gasteiger partial charge in [-0.3, -0.25) is 0 Å². The van der Waals surface area contributed by atoms with Crippen molar-refractivity contribution in [1.29, 1.82) is 0 Å². The van der Waals surface area contributed by atoms with Gasteiger partial charge in [-0.15, -0.1) is 12.8 Å². The van der Waals surface area contributed by atoms with Gasteiger partial charge in [-0.05, 0) is 11.2 Å². The minimum Gasteiger partial charge on any atom is -0.119 e. The first kappa shape index (κ1) is 7.79. The molecule has 0 aromatic rings. The number of allylic oxidation sites excluding steroid dienone is 4. The number of terminal acetylenes is 2. The second kappa shape index (κ2) is 3.19. The van der Waals surface area contributed by atoms with Gasteiger partial charge in [0.05, 0.1) is 5.92 Å². The van der Waals surface area contributed by atoms with E-state index in [1.165, 1.54) is 0 Å². The molecule has 1 aliphatic rings. The van der Waals surface area contributed by atoms with Crippen LogP contribution in [0.1, 0.15) is 0 Å². The van der Waals surface area contributed by atoms with Gasteiger partial charge in [0.2, 0.25) is 0 Å². The van der Waals surface area contributed by atoms with Crippen LogP contribution in [0.2, 0.25) is 0 Å². The zero-order chi connectivity index (χ0) is 8.27. The Kier molecular flexibility index (Phi) is 2.26. The van der Waals surface area contributed by atoms with Crippen LogP contribution in [0.4, 0.5) is 0 Å². The number of hydrogen-bond donors (Lipinski definition) is 0. The Morgan fingerprint density at radius 3 is 2.64 bits per heavy atom. The van der Waals surface area contributed by atoms with Crippen molar-refractivity contribution in [2.24, 2.45) is 5.92 Å². The van der Waals surface area contributed by atoms with Crippen molar-refractivity contribution in [2.75, 3.05) is 0 Å². The van der Waals surface area contributed by atoms with E-state index in [0.29, 0.717) is 0 Å². The van der Waals surface area contributed by atoms with Crippen LogP contribution in [-0.4, -0.2) is 15.0 Å². The predicted octanol–water partition coefficient (Wildman–Crippen LogP) is 0.706. The molecule has 11 heavy (non-hydrogen) atoms. The normalized spacial score (nSPS) is 21.8. The van der Waals surface area contributed by atoms with Crippen LogP contribution in [0.15, 0.2) is 23.8 Å². The Hall–Kier alpha value is -1.31. The summed E-state index contributed by atoms with van der Waals surface area (Å²) in [7, 11) is 3.40. The number of hydrogen-bond acceptors (Lipinski definition) is 0. The SMILES string of the molecule is C#CC1=CC=CC(=[Si])C1C#C. The first-order valence-corrected chi connectivity index (χ1v) is 3.69. The van der Waals surface area contributed by atoms with Crippen molar-refractivity contribution in [2.45, 2.75) is 0 Å². The summed E-state index contributed by atoms with van der Waals surface area (Å²) >= 11 is 0. The summed E-state index contributed by atoms with van der Waals surface area (Å²) in [5.74, 6) is 5.09. The second-order valence-electron chi connectivity index (χ2n) is 2.18. The van der Waals surface area contributed by atoms with Crippen molar-refractivity contribution in [3.63, 3.8) is 0 Å². The van der Waals surface area contributed by atoms with Crippen LogP contribution in [0, 0.1) is 30.6 Å². The third kappa shape index (κ3) is 1.39. The maximum Gasteiger partial charge on any atom is 0.0735 e. The van der Waals surface area contributed by atoms with Gasteiger partial charge in [-0.1, -0.05) is 24.0 Å². The third-order valence-corrected chi connectivity index (χ3v) is 1.96. The average molecular weight is 154 g/mol. The van der Waals surface area contributed by atoms with Crippen molar-refractivity contribution < 1.29 is 0 Å². The summed E-state index contributed by atoms with van der Waals surface area (Å²) in [5, 5.41) is 0.947. The Morgan fingerprint density at radius 1 is 1.45 bits per heavy atom. The summed E-state index contributed by atoms with van der Waals surface area (Å²) in [5.41, 5.74) is 0.833. The summed E-state index contributed by atoms with van der Waals surface area (Å²) < 4.78 is 0. The Morgan fingerprint density at radius 2 is 2.18 bits per heavy atom. The lowest BCUT2D eigenvalue weighted by Gasteiger charge is -2.13. The molecule has 1 atom stereocenters. The topological polar surface area (TPSA) is 0 Å². The highest BCUT2D eigenvalue weighted by Crippen LogP contribution is 2.14. The largest absolute Gasteiger partial charge is 0.119 e. The summed E-state index contributed by atoms with van der Waals surface area (Å²) in [6.45, 7) is 0. The fourth-order valence-electron chi connectivity index (χ4n) is 0.926. The van der Waals surface area contributed by atoms with Crippen LogP contribution in [-0.2, 0) is 0 Å². The van der Waals surface area contributed by atoms with Gasteiger partial charge in [0, 0.05) is 15.4 Å². The van der Waals surface area contributed by atoms with Gasteiger partial charge in [0.25, 0.3) is 0 Å². The molecule has 1 heteroatoms. The van der Waals surface area contributed by atoms with E-state index in [2.05, 4.69) is 21.7 Å². The molecule has 1 rings (SSSR count). The highest BCUT2D eigenvalue weighted by Gasteiger charge is 2.12. The van der Waals surface area contributed by atoms with Gasteiger partial charge < -0.3 is 0 Å². The van der Waals surface area contributed by atoms with E-state index >= 15 is 0 Å².